The molecule has 1 aliphatic carbocycles. The second-order valence-corrected chi connectivity index (χ2v) is 5.15. The quantitative estimate of drug-likeness (QED) is 0.365. The zero-order valence-corrected chi connectivity index (χ0v) is 11.8. The van der Waals surface area contributed by atoms with Crippen molar-refractivity contribution in [1.82, 2.24) is 0 Å². The summed E-state index contributed by atoms with van der Waals surface area (Å²) in [6.45, 7) is 7.01. The summed E-state index contributed by atoms with van der Waals surface area (Å²) in [6.07, 6.45) is 5.32. The van der Waals surface area contributed by atoms with E-state index in [4.69, 9.17) is 9.84 Å². The molecular formula is C15H20O4. The van der Waals surface area contributed by atoms with Crippen LogP contribution < -0.4 is 0 Å². The van der Waals surface area contributed by atoms with E-state index in [0.717, 1.165) is 11.9 Å². The van der Waals surface area contributed by atoms with Crippen LogP contribution in [0, 0.1) is 5.41 Å². The van der Waals surface area contributed by atoms with Crippen LogP contribution in [0.2, 0.25) is 0 Å². The molecule has 1 rings (SSSR count). The number of hydrogen-bond donors (Lipinski definition) is 1. The first-order valence-corrected chi connectivity index (χ1v) is 6.19. The number of carbonyl (C=O) groups excluding carboxylic acids is 2. The summed E-state index contributed by atoms with van der Waals surface area (Å²) in [5.74, 6) is -0.566. The monoisotopic (exact) mass is 264 g/mol. The van der Waals surface area contributed by atoms with E-state index in [1.807, 2.05) is 26.8 Å². The summed E-state index contributed by atoms with van der Waals surface area (Å²) in [5.41, 5.74) is 1.31. The molecule has 0 aliphatic heterocycles. The molecule has 0 spiro atoms. The number of rotatable bonds is 4. The highest BCUT2D eigenvalue weighted by Gasteiger charge is 2.29. The molecule has 0 bridgehead atoms. The molecule has 0 radical (unpaired) electrons. The van der Waals surface area contributed by atoms with Crippen LogP contribution in [0.25, 0.3) is 0 Å². The van der Waals surface area contributed by atoms with Crippen molar-refractivity contribution in [3.05, 3.63) is 34.9 Å². The molecule has 0 saturated carbocycles. The van der Waals surface area contributed by atoms with E-state index in [0.29, 0.717) is 5.57 Å². The normalized spacial score (nSPS) is 22.4. The Bertz CT molecular complexity index is 467. The molecule has 4 nitrogen and oxygen atoms in total. The molecule has 0 heterocycles. The van der Waals surface area contributed by atoms with Gasteiger partial charge in [-0.25, -0.2) is 4.79 Å². The molecule has 0 fully saturated rings. The lowest BCUT2D eigenvalue weighted by atomic mass is 9.78. The maximum atomic E-state index is 11.8. The van der Waals surface area contributed by atoms with Crippen LogP contribution in [-0.4, -0.2) is 30.1 Å². The van der Waals surface area contributed by atoms with Crippen LogP contribution in [0.5, 0.6) is 0 Å². The van der Waals surface area contributed by atoms with Crippen molar-refractivity contribution in [1.29, 1.82) is 0 Å². The minimum atomic E-state index is -0.566. The Labute approximate surface area is 113 Å². The number of aliphatic hydroxyl groups is 1. The lowest BCUT2D eigenvalue weighted by Gasteiger charge is -2.30. The second-order valence-electron chi connectivity index (χ2n) is 5.15. The Morgan fingerprint density at radius 2 is 2.16 bits per heavy atom. The van der Waals surface area contributed by atoms with Gasteiger partial charge in [-0.05, 0) is 25.5 Å². The maximum absolute atomic E-state index is 11.8. The summed E-state index contributed by atoms with van der Waals surface area (Å²) in [4.78, 5) is 22.9. The standard InChI is InChI=1S/C15H20O4/c1-5-11(8-16)14(18)19-13-6-12(9-17)15(3,4)7-10(13)2/h5-7,9,13,16H,8H2,1-4H3/b11-5-/t13-/m1/s1. The lowest BCUT2D eigenvalue weighted by Crippen LogP contribution is -2.27. The number of aliphatic hydroxyl groups excluding tert-OH is 1. The van der Waals surface area contributed by atoms with E-state index in [1.54, 1.807) is 13.0 Å². The smallest absolute Gasteiger partial charge is 0.336 e. The third kappa shape index (κ3) is 3.41. The molecule has 1 N–H and O–H groups in total. The number of ether oxygens (including phenoxy) is 1. The van der Waals surface area contributed by atoms with Gasteiger partial charge in [-0.3, -0.25) is 4.79 Å². The van der Waals surface area contributed by atoms with Gasteiger partial charge in [0, 0.05) is 11.0 Å². The third-order valence-corrected chi connectivity index (χ3v) is 3.25. The van der Waals surface area contributed by atoms with Crippen LogP contribution >= 0.6 is 0 Å². The Morgan fingerprint density at radius 3 is 2.63 bits per heavy atom. The first-order valence-electron chi connectivity index (χ1n) is 6.19. The van der Waals surface area contributed by atoms with Gasteiger partial charge in [-0.1, -0.05) is 26.0 Å². The average molecular weight is 264 g/mol. The van der Waals surface area contributed by atoms with E-state index >= 15 is 0 Å². The second kappa shape index (κ2) is 5.97. The van der Waals surface area contributed by atoms with Crippen molar-refractivity contribution in [2.24, 2.45) is 5.41 Å². The molecule has 0 amide bonds. The summed E-state index contributed by atoms with van der Waals surface area (Å²) in [7, 11) is 0. The fourth-order valence-corrected chi connectivity index (χ4v) is 2.03. The summed E-state index contributed by atoms with van der Waals surface area (Å²) in [5, 5.41) is 9.02. The first-order chi connectivity index (χ1) is 8.85. The van der Waals surface area contributed by atoms with E-state index in [2.05, 4.69) is 0 Å². The van der Waals surface area contributed by atoms with Gasteiger partial charge in [0.25, 0.3) is 0 Å². The average Bonchev–Trinajstić information content (AvgIpc) is 2.33. The van der Waals surface area contributed by atoms with Gasteiger partial charge in [0.05, 0.1) is 12.2 Å². The van der Waals surface area contributed by atoms with Crippen molar-refractivity contribution in [3.63, 3.8) is 0 Å². The minimum absolute atomic E-state index is 0.207. The van der Waals surface area contributed by atoms with Crippen LogP contribution in [0.4, 0.5) is 0 Å². The first kappa shape index (κ1) is 15.4. The van der Waals surface area contributed by atoms with E-state index in [1.165, 1.54) is 6.08 Å². The summed E-state index contributed by atoms with van der Waals surface area (Å²) < 4.78 is 5.30. The predicted octanol–water partition coefficient (Wildman–Crippen LogP) is 1.95. The predicted molar refractivity (Wildman–Crippen MR) is 72.4 cm³/mol. The Balaban J connectivity index is 2.94. The molecule has 0 aromatic heterocycles. The fourth-order valence-electron chi connectivity index (χ4n) is 2.03. The molecule has 4 heteroatoms. The van der Waals surface area contributed by atoms with Gasteiger partial charge < -0.3 is 9.84 Å². The molecule has 0 saturated heterocycles. The number of hydrogen-bond acceptors (Lipinski definition) is 4. The van der Waals surface area contributed by atoms with Gasteiger partial charge in [0.1, 0.15) is 12.4 Å². The van der Waals surface area contributed by atoms with Gasteiger partial charge in [0.15, 0.2) is 0 Å². The largest absolute Gasteiger partial charge is 0.450 e. The third-order valence-electron chi connectivity index (χ3n) is 3.25. The molecule has 1 atom stereocenters. The van der Waals surface area contributed by atoms with Gasteiger partial charge in [-0.15, -0.1) is 0 Å². The van der Waals surface area contributed by atoms with Crippen molar-refractivity contribution in [3.8, 4) is 0 Å². The van der Waals surface area contributed by atoms with Crippen LogP contribution in [-0.2, 0) is 14.3 Å². The van der Waals surface area contributed by atoms with E-state index < -0.39 is 12.1 Å². The number of aldehydes is 1. The highest BCUT2D eigenvalue weighted by molar-refractivity contribution is 5.89. The molecule has 0 aromatic rings. The Hall–Kier alpha value is -1.68. The fraction of sp³-hybridized carbons (Fsp3) is 0.467. The van der Waals surface area contributed by atoms with Gasteiger partial charge >= 0.3 is 5.97 Å². The molecule has 0 unspecified atom stereocenters. The van der Waals surface area contributed by atoms with Crippen LogP contribution in [0.1, 0.15) is 27.7 Å². The van der Waals surface area contributed by atoms with Gasteiger partial charge in [-0.2, -0.15) is 0 Å². The van der Waals surface area contributed by atoms with Crippen molar-refractivity contribution >= 4 is 12.3 Å². The lowest BCUT2D eigenvalue weighted by molar-refractivity contribution is -0.141. The topological polar surface area (TPSA) is 63.6 Å². The maximum Gasteiger partial charge on any atom is 0.336 e. The van der Waals surface area contributed by atoms with Crippen molar-refractivity contribution in [2.45, 2.75) is 33.8 Å². The molecule has 19 heavy (non-hydrogen) atoms. The highest BCUT2D eigenvalue weighted by Crippen LogP contribution is 2.34. The number of allylic oxidation sites excluding steroid dienone is 3. The van der Waals surface area contributed by atoms with Crippen molar-refractivity contribution in [2.75, 3.05) is 6.61 Å². The SMILES string of the molecule is C/C=C(/CO)C(=O)O[C@@H]1C=C(C=O)C(C)(C)C=C1C. The van der Waals surface area contributed by atoms with E-state index in [-0.39, 0.29) is 17.6 Å². The molecule has 0 aromatic carbocycles. The summed E-state index contributed by atoms with van der Waals surface area (Å²) in [6, 6.07) is 0. The molecule has 1 aliphatic rings. The Kier molecular flexibility index (Phi) is 4.84. The zero-order chi connectivity index (χ0) is 14.6. The Morgan fingerprint density at radius 1 is 1.53 bits per heavy atom. The zero-order valence-electron chi connectivity index (χ0n) is 11.8. The van der Waals surface area contributed by atoms with E-state index in [9.17, 15) is 9.59 Å². The van der Waals surface area contributed by atoms with Crippen molar-refractivity contribution < 1.29 is 19.4 Å². The summed E-state index contributed by atoms with van der Waals surface area (Å²) >= 11 is 0. The number of esters is 1. The molecule has 104 valence electrons. The molecular weight excluding hydrogens is 244 g/mol. The number of carbonyl (C=O) groups is 2. The van der Waals surface area contributed by atoms with Crippen LogP contribution in [0.15, 0.2) is 34.9 Å². The van der Waals surface area contributed by atoms with Crippen LogP contribution in [0.3, 0.4) is 0 Å². The van der Waals surface area contributed by atoms with Gasteiger partial charge in [0.2, 0.25) is 0 Å². The highest BCUT2D eigenvalue weighted by atomic mass is 16.5. The minimum Gasteiger partial charge on any atom is -0.450 e.